The summed E-state index contributed by atoms with van der Waals surface area (Å²) in [5.74, 6) is 2.27. The van der Waals surface area contributed by atoms with E-state index < -0.39 is 0 Å². The lowest BCUT2D eigenvalue weighted by molar-refractivity contribution is -0.120. The van der Waals surface area contributed by atoms with Gasteiger partial charge in [0.25, 0.3) is 0 Å². The van der Waals surface area contributed by atoms with Crippen LogP contribution < -0.4 is 15.5 Å². The van der Waals surface area contributed by atoms with Crippen molar-refractivity contribution in [3.63, 3.8) is 0 Å². The second-order valence-corrected chi connectivity index (χ2v) is 9.05. The summed E-state index contributed by atoms with van der Waals surface area (Å²) in [5, 5.41) is 7.76. The Hall–Kier alpha value is -3.15. The van der Waals surface area contributed by atoms with Crippen LogP contribution in [0.4, 0.5) is 11.8 Å². The highest BCUT2D eigenvalue weighted by atomic mass is 16.1. The van der Waals surface area contributed by atoms with Gasteiger partial charge in [0, 0.05) is 32.1 Å². The molecule has 2 N–H and O–H groups in total. The van der Waals surface area contributed by atoms with E-state index in [1.54, 1.807) is 0 Å². The van der Waals surface area contributed by atoms with Crippen LogP contribution in [0.25, 0.3) is 10.9 Å². The topological polar surface area (TPSA) is 70.2 Å². The number of anilines is 2. The summed E-state index contributed by atoms with van der Waals surface area (Å²) in [5.41, 5.74) is 3.23. The van der Waals surface area contributed by atoms with Crippen LogP contribution in [0.1, 0.15) is 36.8 Å². The number of nitrogens with zero attached hydrogens (tertiary/aromatic N) is 3. The van der Waals surface area contributed by atoms with Crippen molar-refractivity contribution < 1.29 is 4.79 Å². The van der Waals surface area contributed by atoms with E-state index in [0.717, 1.165) is 54.5 Å². The smallest absolute Gasteiger partial charge is 0.225 e. The summed E-state index contributed by atoms with van der Waals surface area (Å²) in [4.78, 5) is 23.9. The first-order valence-corrected chi connectivity index (χ1v) is 11.5. The second-order valence-electron chi connectivity index (χ2n) is 9.05. The quantitative estimate of drug-likeness (QED) is 0.583. The van der Waals surface area contributed by atoms with E-state index in [2.05, 4.69) is 29.7 Å². The summed E-state index contributed by atoms with van der Waals surface area (Å²) >= 11 is 0. The molecular weight excluding hydrogens is 398 g/mol. The molecule has 3 aromatic rings. The molecule has 4 rings (SSSR count). The number of amides is 1. The standard InChI is InChI=1S/C26H33N5O/c1-18-8-4-5-9-20(18)16-24(32)27-17-19-12-14-21(15-13-19)28-26-29-23-11-7-6-10-22(23)25(30-26)31(2)3/h4-11,19,21H,12-17H2,1-3H3,(H,27,32)(H,28,29,30)/t19-,21+. The number of rotatable bonds is 7. The third-order valence-electron chi connectivity index (χ3n) is 6.39. The summed E-state index contributed by atoms with van der Waals surface area (Å²) < 4.78 is 0. The SMILES string of the molecule is Cc1ccccc1CC(=O)NC[C@H]1CC[C@@H](Nc2nc(N(C)C)c3ccccc3n2)CC1. The number of aromatic nitrogens is 2. The number of fused-ring (bicyclic) bond motifs is 1. The van der Waals surface area contributed by atoms with Crippen LogP contribution in [0.5, 0.6) is 0 Å². The maximum atomic E-state index is 12.4. The van der Waals surface area contributed by atoms with Crippen molar-refractivity contribution >= 4 is 28.6 Å². The Morgan fingerprint density at radius 3 is 2.47 bits per heavy atom. The molecule has 0 radical (unpaired) electrons. The van der Waals surface area contributed by atoms with Crippen LogP contribution in [0, 0.1) is 12.8 Å². The Morgan fingerprint density at radius 1 is 1.00 bits per heavy atom. The van der Waals surface area contributed by atoms with Crippen molar-refractivity contribution in [2.75, 3.05) is 30.9 Å². The largest absolute Gasteiger partial charge is 0.362 e. The van der Waals surface area contributed by atoms with Crippen LogP contribution in [-0.4, -0.2) is 42.6 Å². The van der Waals surface area contributed by atoms with Gasteiger partial charge in [0.1, 0.15) is 5.82 Å². The number of para-hydroxylation sites is 1. The Kier molecular flexibility index (Phi) is 6.88. The number of aryl methyl sites for hydroxylation is 1. The minimum Gasteiger partial charge on any atom is -0.362 e. The summed E-state index contributed by atoms with van der Waals surface area (Å²) in [6, 6.07) is 16.6. The first-order valence-electron chi connectivity index (χ1n) is 11.5. The molecule has 1 heterocycles. The molecule has 6 nitrogen and oxygen atoms in total. The van der Waals surface area contributed by atoms with E-state index in [0.29, 0.717) is 24.3 Å². The van der Waals surface area contributed by atoms with Gasteiger partial charge in [-0.05, 0) is 61.8 Å². The molecule has 0 atom stereocenters. The van der Waals surface area contributed by atoms with Crippen molar-refractivity contribution in [3.8, 4) is 0 Å². The maximum Gasteiger partial charge on any atom is 0.225 e. The minimum absolute atomic E-state index is 0.111. The van der Waals surface area contributed by atoms with E-state index >= 15 is 0 Å². The van der Waals surface area contributed by atoms with Crippen molar-refractivity contribution in [3.05, 3.63) is 59.7 Å². The van der Waals surface area contributed by atoms with E-state index in [9.17, 15) is 4.79 Å². The van der Waals surface area contributed by atoms with Crippen LogP contribution in [-0.2, 0) is 11.2 Å². The molecule has 1 aromatic heterocycles. The number of hydrogen-bond acceptors (Lipinski definition) is 5. The zero-order valence-electron chi connectivity index (χ0n) is 19.3. The van der Waals surface area contributed by atoms with E-state index in [1.165, 1.54) is 5.56 Å². The van der Waals surface area contributed by atoms with Gasteiger partial charge in [0.2, 0.25) is 11.9 Å². The number of carbonyl (C=O) groups is 1. The van der Waals surface area contributed by atoms with Gasteiger partial charge in [-0.1, -0.05) is 36.4 Å². The number of carbonyl (C=O) groups excluding carboxylic acids is 1. The molecule has 1 fully saturated rings. The Morgan fingerprint density at radius 2 is 1.72 bits per heavy atom. The fourth-order valence-corrected chi connectivity index (χ4v) is 4.46. The molecular formula is C26H33N5O. The van der Waals surface area contributed by atoms with Gasteiger partial charge in [0.05, 0.1) is 11.9 Å². The van der Waals surface area contributed by atoms with Crippen molar-refractivity contribution in [2.24, 2.45) is 5.92 Å². The van der Waals surface area contributed by atoms with Crippen molar-refractivity contribution in [1.29, 1.82) is 0 Å². The van der Waals surface area contributed by atoms with Gasteiger partial charge in [0.15, 0.2) is 0 Å². The van der Waals surface area contributed by atoms with E-state index in [1.807, 2.05) is 55.4 Å². The number of nitrogens with one attached hydrogen (secondary N) is 2. The first-order chi connectivity index (χ1) is 15.5. The summed E-state index contributed by atoms with van der Waals surface area (Å²) in [6.07, 6.45) is 4.77. The lowest BCUT2D eigenvalue weighted by atomic mass is 9.86. The van der Waals surface area contributed by atoms with Crippen LogP contribution in [0.2, 0.25) is 0 Å². The zero-order valence-corrected chi connectivity index (χ0v) is 19.3. The zero-order chi connectivity index (χ0) is 22.5. The Bertz CT molecular complexity index is 1070. The highest BCUT2D eigenvalue weighted by Crippen LogP contribution is 2.28. The molecule has 2 aromatic carbocycles. The van der Waals surface area contributed by atoms with Gasteiger partial charge >= 0.3 is 0 Å². The number of hydrogen-bond donors (Lipinski definition) is 2. The molecule has 6 heteroatoms. The van der Waals surface area contributed by atoms with E-state index in [-0.39, 0.29) is 5.91 Å². The minimum atomic E-state index is 0.111. The van der Waals surface area contributed by atoms with Crippen LogP contribution in [0.3, 0.4) is 0 Å². The molecule has 0 spiro atoms. The van der Waals surface area contributed by atoms with Gasteiger partial charge in [-0.25, -0.2) is 4.98 Å². The van der Waals surface area contributed by atoms with E-state index in [4.69, 9.17) is 9.97 Å². The fraction of sp³-hybridized carbons (Fsp3) is 0.423. The van der Waals surface area contributed by atoms with Crippen molar-refractivity contribution in [1.82, 2.24) is 15.3 Å². The molecule has 0 saturated heterocycles. The Balaban J connectivity index is 1.28. The molecule has 168 valence electrons. The molecule has 0 unspecified atom stereocenters. The van der Waals surface area contributed by atoms with Gasteiger partial charge in [-0.3, -0.25) is 4.79 Å². The molecule has 32 heavy (non-hydrogen) atoms. The summed E-state index contributed by atoms with van der Waals surface area (Å²) in [7, 11) is 4.02. The van der Waals surface area contributed by atoms with Crippen molar-refractivity contribution in [2.45, 2.75) is 45.1 Å². The molecule has 1 aliphatic rings. The average Bonchev–Trinajstić information content (AvgIpc) is 2.79. The second kappa shape index (κ2) is 9.98. The fourth-order valence-electron chi connectivity index (χ4n) is 4.46. The molecule has 0 aliphatic heterocycles. The van der Waals surface area contributed by atoms with Gasteiger partial charge < -0.3 is 15.5 Å². The molecule has 1 amide bonds. The monoisotopic (exact) mass is 431 g/mol. The third kappa shape index (κ3) is 5.36. The number of benzene rings is 2. The normalized spacial score (nSPS) is 18.3. The van der Waals surface area contributed by atoms with Crippen LogP contribution >= 0.6 is 0 Å². The van der Waals surface area contributed by atoms with Gasteiger partial charge in [-0.2, -0.15) is 4.98 Å². The highest BCUT2D eigenvalue weighted by molar-refractivity contribution is 5.90. The lowest BCUT2D eigenvalue weighted by Crippen LogP contribution is -2.35. The van der Waals surface area contributed by atoms with Crippen LogP contribution in [0.15, 0.2) is 48.5 Å². The van der Waals surface area contributed by atoms with Gasteiger partial charge in [-0.15, -0.1) is 0 Å². The highest BCUT2D eigenvalue weighted by Gasteiger charge is 2.22. The molecule has 1 aliphatic carbocycles. The molecule has 1 saturated carbocycles. The molecule has 0 bridgehead atoms. The Labute approximate surface area is 190 Å². The lowest BCUT2D eigenvalue weighted by Gasteiger charge is -2.29. The average molecular weight is 432 g/mol. The maximum absolute atomic E-state index is 12.4. The third-order valence-corrected chi connectivity index (χ3v) is 6.39. The summed E-state index contributed by atoms with van der Waals surface area (Å²) in [6.45, 7) is 2.81. The predicted molar refractivity (Wildman–Crippen MR) is 131 cm³/mol. The first kappa shape index (κ1) is 22.1. The predicted octanol–water partition coefficient (Wildman–Crippen LogP) is 4.33.